The number of rotatable bonds is 5. The zero-order chi connectivity index (χ0) is 18.8. The Morgan fingerprint density at radius 1 is 1.33 bits per heavy atom. The predicted molar refractivity (Wildman–Crippen MR) is 98.4 cm³/mol. The highest BCUT2D eigenvalue weighted by Gasteiger charge is 2.28. The lowest BCUT2D eigenvalue weighted by molar-refractivity contribution is 0.0928. The topological polar surface area (TPSA) is 116 Å². The Morgan fingerprint density at radius 2 is 2.22 bits per heavy atom. The van der Waals surface area contributed by atoms with Gasteiger partial charge in [-0.05, 0) is 31.9 Å². The molecule has 27 heavy (non-hydrogen) atoms. The summed E-state index contributed by atoms with van der Waals surface area (Å²) in [6.07, 6.45) is 6.04. The van der Waals surface area contributed by atoms with Crippen molar-refractivity contribution in [3.63, 3.8) is 0 Å². The number of Topliss-reactive ketones (excluding diaryl/α,β-unsaturated/α-hetero) is 1. The van der Waals surface area contributed by atoms with E-state index in [-0.39, 0.29) is 11.7 Å². The van der Waals surface area contributed by atoms with Gasteiger partial charge in [0.25, 0.3) is 5.91 Å². The van der Waals surface area contributed by atoms with E-state index in [9.17, 15) is 9.59 Å². The van der Waals surface area contributed by atoms with Crippen molar-refractivity contribution < 1.29 is 9.59 Å². The van der Waals surface area contributed by atoms with Crippen LogP contribution in [0.1, 0.15) is 50.8 Å². The lowest BCUT2D eigenvalue weighted by Crippen LogP contribution is -2.28. The van der Waals surface area contributed by atoms with Crippen LogP contribution in [0.5, 0.6) is 0 Å². The molecule has 1 aliphatic carbocycles. The van der Waals surface area contributed by atoms with Crippen molar-refractivity contribution in [3.05, 3.63) is 52.9 Å². The molecule has 1 amide bonds. The molecule has 0 radical (unpaired) electrons. The molecule has 3 aromatic rings. The maximum Gasteiger partial charge on any atom is 0.253 e. The van der Waals surface area contributed by atoms with Crippen molar-refractivity contribution in [1.29, 1.82) is 0 Å². The zero-order valence-corrected chi connectivity index (χ0v) is 15.0. The Morgan fingerprint density at radius 3 is 3.04 bits per heavy atom. The number of fused-ring (bicyclic) bond motifs is 1. The van der Waals surface area contributed by atoms with E-state index in [0.29, 0.717) is 42.2 Å². The Hall–Kier alpha value is -3.29. The first-order chi connectivity index (χ1) is 13.1. The van der Waals surface area contributed by atoms with E-state index in [4.69, 9.17) is 0 Å². The van der Waals surface area contributed by atoms with Gasteiger partial charge in [-0.3, -0.25) is 19.7 Å². The minimum atomic E-state index is -0.229. The maximum absolute atomic E-state index is 12.6. The van der Waals surface area contributed by atoms with Crippen LogP contribution in [-0.4, -0.2) is 43.4 Å². The van der Waals surface area contributed by atoms with Crippen molar-refractivity contribution in [1.82, 2.24) is 30.5 Å². The molecule has 138 valence electrons. The summed E-state index contributed by atoms with van der Waals surface area (Å²) in [6.45, 7) is 2.23. The quantitative estimate of drug-likeness (QED) is 0.640. The van der Waals surface area contributed by atoms with Gasteiger partial charge in [0, 0.05) is 48.7 Å². The van der Waals surface area contributed by atoms with Crippen LogP contribution in [0.25, 0.3) is 11.4 Å². The Bertz CT molecular complexity index is 989. The first-order valence-corrected chi connectivity index (χ1v) is 8.98. The van der Waals surface area contributed by atoms with Crippen molar-refractivity contribution in [3.8, 4) is 11.4 Å². The highest BCUT2D eigenvalue weighted by molar-refractivity contribution is 6.10. The summed E-state index contributed by atoms with van der Waals surface area (Å²) in [4.78, 5) is 36.5. The van der Waals surface area contributed by atoms with E-state index < -0.39 is 0 Å². The number of amides is 1. The normalized spacial score (nSPS) is 13.4. The summed E-state index contributed by atoms with van der Waals surface area (Å²) >= 11 is 0. The molecule has 0 spiro atoms. The van der Waals surface area contributed by atoms with Gasteiger partial charge in [-0.2, -0.15) is 5.10 Å². The maximum atomic E-state index is 12.6. The van der Waals surface area contributed by atoms with E-state index in [0.717, 1.165) is 29.8 Å². The number of H-pyrrole nitrogens is 2. The molecule has 8 nitrogen and oxygen atoms in total. The van der Waals surface area contributed by atoms with Crippen LogP contribution in [-0.2, 0) is 12.8 Å². The van der Waals surface area contributed by atoms with Gasteiger partial charge < -0.3 is 10.3 Å². The molecule has 0 aliphatic heterocycles. The monoisotopic (exact) mass is 364 g/mol. The van der Waals surface area contributed by atoms with Gasteiger partial charge in [-0.15, -0.1) is 0 Å². The number of aryl methyl sites for hydroxylation is 2. The molecule has 1 aliphatic rings. The van der Waals surface area contributed by atoms with E-state index in [1.165, 1.54) is 0 Å². The van der Waals surface area contributed by atoms with E-state index in [1.807, 2.05) is 19.1 Å². The van der Waals surface area contributed by atoms with E-state index in [1.54, 1.807) is 12.4 Å². The van der Waals surface area contributed by atoms with E-state index >= 15 is 0 Å². The number of aromatic nitrogens is 5. The van der Waals surface area contributed by atoms with Gasteiger partial charge in [0.05, 0.1) is 11.1 Å². The molecule has 0 saturated heterocycles. The molecule has 0 atom stereocenters. The van der Waals surface area contributed by atoms with Gasteiger partial charge in [-0.25, -0.2) is 4.98 Å². The third-order valence-electron chi connectivity index (χ3n) is 4.70. The summed E-state index contributed by atoms with van der Waals surface area (Å²) in [5, 5.41) is 9.94. The number of carbonyl (C=O) groups is 2. The highest BCUT2D eigenvalue weighted by Crippen LogP contribution is 2.26. The van der Waals surface area contributed by atoms with E-state index in [2.05, 4.69) is 30.5 Å². The summed E-state index contributed by atoms with van der Waals surface area (Å²) in [7, 11) is 0. The van der Waals surface area contributed by atoms with Crippen LogP contribution in [0.4, 0.5) is 0 Å². The molecule has 4 rings (SSSR count). The summed E-state index contributed by atoms with van der Waals surface area (Å²) in [6, 6.07) is 3.71. The lowest BCUT2D eigenvalue weighted by Gasteiger charge is -2.11. The molecule has 3 aromatic heterocycles. The highest BCUT2D eigenvalue weighted by atomic mass is 16.2. The van der Waals surface area contributed by atoms with Gasteiger partial charge in [-0.1, -0.05) is 0 Å². The molecule has 0 fully saturated rings. The van der Waals surface area contributed by atoms with Crippen molar-refractivity contribution in [2.45, 2.75) is 32.6 Å². The molecule has 0 saturated carbocycles. The summed E-state index contributed by atoms with van der Waals surface area (Å²) < 4.78 is 0. The minimum absolute atomic E-state index is 0.0436. The fourth-order valence-electron chi connectivity index (χ4n) is 3.43. The van der Waals surface area contributed by atoms with Crippen molar-refractivity contribution in [2.24, 2.45) is 0 Å². The third kappa shape index (κ3) is 3.38. The number of carbonyl (C=O) groups excluding carboxylic acids is 2. The molecule has 0 bridgehead atoms. The SMILES string of the molecule is Cc1[nH]c2c(c1C(=O)NCCc1nc(-c3cccnc3)n[nH]1)C(=O)CCC2. The Balaban J connectivity index is 1.40. The number of hydrogen-bond donors (Lipinski definition) is 3. The summed E-state index contributed by atoms with van der Waals surface area (Å²) in [5.41, 5.74) is 3.49. The van der Waals surface area contributed by atoms with Gasteiger partial charge in [0.2, 0.25) is 0 Å². The van der Waals surface area contributed by atoms with Gasteiger partial charge in [0.1, 0.15) is 5.82 Å². The molecule has 0 unspecified atom stereocenters. The second-order valence-electron chi connectivity index (χ2n) is 6.61. The number of nitrogens with one attached hydrogen (secondary N) is 3. The molecule has 3 N–H and O–H groups in total. The van der Waals surface area contributed by atoms with Crippen LogP contribution in [0, 0.1) is 6.92 Å². The van der Waals surface area contributed by atoms with Crippen molar-refractivity contribution >= 4 is 11.7 Å². The minimum Gasteiger partial charge on any atom is -0.361 e. The Kier molecular flexibility index (Phi) is 4.53. The largest absolute Gasteiger partial charge is 0.361 e. The van der Waals surface area contributed by atoms with Crippen LogP contribution < -0.4 is 5.32 Å². The van der Waals surface area contributed by atoms with Crippen LogP contribution in [0.2, 0.25) is 0 Å². The average Bonchev–Trinajstić information content (AvgIpc) is 3.27. The molecular weight excluding hydrogens is 344 g/mol. The number of aromatic amines is 2. The van der Waals surface area contributed by atoms with Gasteiger partial charge in [0.15, 0.2) is 11.6 Å². The first kappa shape index (κ1) is 17.1. The number of pyridine rings is 1. The fraction of sp³-hybridized carbons (Fsp3) is 0.316. The zero-order valence-electron chi connectivity index (χ0n) is 15.0. The van der Waals surface area contributed by atoms with Crippen molar-refractivity contribution in [2.75, 3.05) is 6.54 Å². The first-order valence-electron chi connectivity index (χ1n) is 8.98. The third-order valence-corrected chi connectivity index (χ3v) is 4.70. The number of ketones is 1. The standard InChI is InChI=1S/C19H20N6O2/c1-11-16(17-13(22-11)5-2-6-14(17)26)19(27)21-9-7-15-23-18(25-24-15)12-4-3-8-20-10-12/h3-4,8,10,22H,2,5-7,9H2,1H3,(H,21,27)(H,23,24,25). The predicted octanol–water partition coefficient (Wildman–Crippen LogP) is 1.99. The van der Waals surface area contributed by atoms with Crippen LogP contribution >= 0.6 is 0 Å². The second-order valence-corrected chi connectivity index (χ2v) is 6.61. The summed E-state index contributed by atoms with van der Waals surface area (Å²) in [5.74, 6) is 1.07. The number of nitrogens with zero attached hydrogens (tertiary/aromatic N) is 3. The molecule has 0 aromatic carbocycles. The molecular formula is C19H20N6O2. The smallest absolute Gasteiger partial charge is 0.253 e. The fourth-order valence-corrected chi connectivity index (χ4v) is 3.43. The lowest BCUT2D eigenvalue weighted by atomic mass is 9.93. The molecule has 8 heteroatoms. The van der Waals surface area contributed by atoms with Gasteiger partial charge >= 0.3 is 0 Å². The average molecular weight is 364 g/mol. The number of hydrogen-bond acceptors (Lipinski definition) is 5. The Labute approximate surface area is 155 Å². The van der Waals surface area contributed by atoms with Crippen LogP contribution in [0.3, 0.4) is 0 Å². The van der Waals surface area contributed by atoms with Crippen LogP contribution in [0.15, 0.2) is 24.5 Å². The second kappa shape index (κ2) is 7.14. The molecule has 3 heterocycles.